The van der Waals surface area contributed by atoms with E-state index in [2.05, 4.69) is 20.5 Å². The number of nitrogen functional groups attached to an aromatic ring is 1. The number of aromatic nitrogens is 5. The molecule has 3 heterocycles. The van der Waals surface area contributed by atoms with Gasteiger partial charge in [0.1, 0.15) is 11.4 Å². The van der Waals surface area contributed by atoms with Crippen LogP contribution in [-0.2, 0) is 6.54 Å². The van der Waals surface area contributed by atoms with Crippen molar-refractivity contribution in [3.05, 3.63) is 53.4 Å². The highest BCUT2D eigenvalue weighted by atomic mass is 35.5. The van der Waals surface area contributed by atoms with Crippen LogP contribution in [0.5, 0.6) is 5.75 Å². The Bertz CT molecular complexity index is 1280. The molecule has 0 saturated carbocycles. The summed E-state index contributed by atoms with van der Waals surface area (Å²) in [5, 5.41) is 34.0. The minimum atomic E-state index is -1.23. The third kappa shape index (κ3) is 4.58. The number of methoxy groups -OCH3 is 1. The predicted molar refractivity (Wildman–Crippen MR) is 126 cm³/mol. The van der Waals surface area contributed by atoms with Gasteiger partial charge >= 0.3 is 0 Å². The van der Waals surface area contributed by atoms with Gasteiger partial charge < -0.3 is 26.0 Å². The number of rotatable bonds is 8. The highest BCUT2D eigenvalue weighted by molar-refractivity contribution is 6.31. The molecule has 0 spiro atoms. The maximum Gasteiger partial charge on any atom is 0.164 e. The third-order valence-corrected chi connectivity index (χ3v) is 5.70. The maximum atomic E-state index is 11.1. The molecule has 0 radical (unpaired) electrons. The quantitative estimate of drug-likeness (QED) is 0.288. The van der Waals surface area contributed by atoms with Crippen LogP contribution in [-0.4, -0.2) is 47.3 Å². The number of ether oxygens (including phenoxy) is 1. The van der Waals surface area contributed by atoms with E-state index in [4.69, 9.17) is 22.1 Å². The zero-order chi connectivity index (χ0) is 23.8. The normalized spacial score (nSPS) is 14.2. The van der Waals surface area contributed by atoms with Crippen LogP contribution in [0.4, 0.5) is 11.5 Å². The van der Waals surface area contributed by atoms with E-state index in [1.165, 1.54) is 4.52 Å². The smallest absolute Gasteiger partial charge is 0.164 e. The van der Waals surface area contributed by atoms with E-state index < -0.39 is 11.8 Å². The van der Waals surface area contributed by atoms with Gasteiger partial charge in [-0.1, -0.05) is 18.5 Å². The number of hydrogen-bond donors (Lipinski definition) is 4. The van der Waals surface area contributed by atoms with Crippen molar-refractivity contribution in [3.63, 3.8) is 0 Å². The number of aliphatic hydroxyl groups excluding tert-OH is 1. The van der Waals surface area contributed by atoms with Crippen molar-refractivity contribution in [1.82, 2.24) is 24.4 Å². The maximum absolute atomic E-state index is 11.1. The van der Waals surface area contributed by atoms with Crippen LogP contribution < -0.4 is 15.8 Å². The van der Waals surface area contributed by atoms with Gasteiger partial charge in [-0.15, -0.1) is 5.10 Å². The second-order valence-electron chi connectivity index (χ2n) is 8.02. The molecule has 3 aromatic heterocycles. The standard InChI is InChI=1S/C22H26ClN7O3/c1-4-22(2,32)12-29-11-15(18(27-29)14-10-13(23)6-7-16(14)33-3)26-21(31)17-19(24)28-30-9-5-8-25-20(17)30/h5-11,21,26,31-32H,4,12H2,1-3H3,(H2,24,28). The number of halogens is 1. The Morgan fingerprint density at radius 1 is 1.33 bits per heavy atom. The number of fused-ring (bicyclic) bond motifs is 1. The second kappa shape index (κ2) is 8.89. The van der Waals surface area contributed by atoms with Gasteiger partial charge in [-0.3, -0.25) is 4.68 Å². The van der Waals surface area contributed by atoms with Crippen LogP contribution in [0, 0.1) is 0 Å². The molecule has 10 nitrogen and oxygen atoms in total. The molecule has 0 fully saturated rings. The molecule has 0 saturated heterocycles. The molecule has 11 heteroatoms. The van der Waals surface area contributed by atoms with E-state index in [-0.39, 0.29) is 12.4 Å². The molecule has 1 aromatic carbocycles. The minimum absolute atomic E-state index is 0.150. The van der Waals surface area contributed by atoms with Crippen LogP contribution in [0.3, 0.4) is 0 Å². The molecule has 33 heavy (non-hydrogen) atoms. The molecule has 2 unspecified atom stereocenters. The summed E-state index contributed by atoms with van der Waals surface area (Å²) < 4.78 is 8.62. The van der Waals surface area contributed by atoms with Gasteiger partial charge in [-0.05, 0) is 37.6 Å². The molecule has 0 aliphatic carbocycles. The molecule has 4 rings (SSSR count). The Balaban J connectivity index is 1.79. The summed E-state index contributed by atoms with van der Waals surface area (Å²) in [6.45, 7) is 3.88. The number of anilines is 2. The molecule has 0 amide bonds. The largest absolute Gasteiger partial charge is 0.496 e. The fourth-order valence-corrected chi connectivity index (χ4v) is 3.71. The number of aliphatic hydroxyl groups is 2. The van der Waals surface area contributed by atoms with E-state index in [9.17, 15) is 10.2 Å². The van der Waals surface area contributed by atoms with E-state index in [1.54, 1.807) is 61.6 Å². The number of hydrogen-bond acceptors (Lipinski definition) is 8. The average molecular weight is 472 g/mol. The zero-order valence-corrected chi connectivity index (χ0v) is 19.3. The predicted octanol–water partition coefficient (Wildman–Crippen LogP) is 3.10. The highest BCUT2D eigenvalue weighted by Gasteiger charge is 2.25. The number of nitrogens with two attached hydrogens (primary N) is 1. The molecule has 174 valence electrons. The van der Waals surface area contributed by atoms with Gasteiger partial charge in [-0.25, -0.2) is 9.50 Å². The van der Waals surface area contributed by atoms with E-state index >= 15 is 0 Å². The fraction of sp³-hybridized carbons (Fsp3) is 0.318. The first-order chi connectivity index (χ1) is 15.7. The van der Waals surface area contributed by atoms with Crippen molar-refractivity contribution in [2.45, 2.75) is 38.6 Å². The van der Waals surface area contributed by atoms with E-state index in [0.29, 0.717) is 45.3 Å². The first-order valence-corrected chi connectivity index (χ1v) is 10.8. The molecule has 2 atom stereocenters. The lowest BCUT2D eigenvalue weighted by atomic mass is 10.0. The summed E-state index contributed by atoms with van der Waals surface area (Å²) in [4.78, 5) is 4.28. The lowest BCUT2D eigenvalue weighted by Gasteiger charge is -2.20. The summed E-state index contributed by atoms with van der Waals surface area (Å²) in [5.74, 6) is 0.707. The SMILES string of the molecule is CCC(C)(O)Cn1cc(NC(O)c2c(N)nn3cccnc23)c(-c2cc(Cl)ccc2OC)n1. The van der Waals surface area contributed by atoms with Gasteiger partial charge in [0.15, 0.2) is 17.7 Å². The summed E-state index contributed by atoms with van der Waals surface area (Å²) >= 11 is 6.25. The lowest BCUT2D eigenvalue weighted by Crippen LogP contribution is -2.29. The third-order valence-electron chi connectivity index (χ3n) is 5.47. The van der Waals surface area contributed by atoms with E-state index in [1.807, 2.05) is 6.92 Å². The Morgan fingerprint density at radius 2 is 2.12 bits per heavy atom. The highest BCUT2D eigenvalue weighted by Crippen LogP contribution is 2.38. The fourth-order valence-electron chi connectivity index (χ4n) is 3.54. The molecule has 0 bridgehead atoms. The summed E-state index contributed by atoms with van der Waals surface area (Å²) in [6, 6.07) is 6.91. The minimum Gasteiger partial charge on any atom is -0.496 e. The lowest BCUT2D eigenvalue weighted by molar-refractivity contribution is 0.0346. The van der Waals surface area contributed by atoms with Crippen LogP contribution in [0.25, 0.3) is 16.9 Å². The van der Waals surface area contributed by atoms with E-state index in [0.717, 1.165) is 0 Å². The van der Waals surface area contributed by atoms with Gasteiger partial charge in [0.25, 0.3) is 0 Å². The number of nitrogens with zero attached hydrogens (tertiary/aromatic N) is 5. The summed E-state index contributed by atoms with van der Waals surface area (Å²) in [5.41, 5.74) is 7.48. The summed E-state index contributed by atoms with van der Waals surface area (Å²) in [7, 11) is 1.55. The molecule has 4 aromatic rings. The van der Waals surface area contributed by atoms with Crippen molar-refractivity contribution >= 4 is 28.8 Å². The van der Waals surface area contributed by atoms with Crippen molar-refractivity contribution in [2.75, 3.05) is 18.2 Å². The number of benzene rings is 1. The molecular formula is C22H26ClN7O3. The van der Waals surface area contributed by atoms with Gasteiger partial charge in [0.2, 0.25) is 0 Å². The average Bonchev–Trinajstić information content (AvgIpc) is 3.32. The summed E-state index contributed by atoms with van der Waals surface area (Å²) in [6.07, 6.45) is 4.31. The molecule has 0 aliphatic rings. The second-order valence-corrected chi connectivity index (χ2v) is 8.45. The van der Waals surface area contributed by atoms with Gasteiger partial charge in [0.05, 0.1) is 30.5 Å². The first kappa shape index (κ1) is 22.8. The molecular weight excluding hydrogens is 446 g/mol. The Hall–Kier alpha value is -3.34. The topological polar surface area (TPSA) is 136 Å². The van der Waals surface area contributed by atoms with Crippen LogP contribution >= 0.6 is 11.6 Å². The van der Waals surface area contributed by atoms with Crippen molar-refractivity contribution < 1.29 is 14.9 Å². The van der Waals surface area contributed by atoms with Crippen LogP contribution in [0.2, 0.25) is 5.02 Å². The first-order valence-electron chi connectivity index (χ1n) is 10.4. The van der Waals surface area contributed by atoms with Crippen molar-refractivity contribution in [2.24, 2.45) is 0 Å². The molecule has 0 aliphatic heterocycles. The monoisotopic (exact) mass is 471 g/mol. The van der Waals surface area contributed by atoms with Crippen LogP contribution in [0.15, 0.2) is 42.9 Å². The van der Waals surface area contributed by atoms with Gasteiger partial charge in [0, 0.05) is 29.2 Å². The van der Waals surface area contributed by atoms with Crippen molar-refractivity contribution in [3.8, 4) is 17.0 Å². The van der Waals surface area contributed by atoms with Gasteiger partial charge in [-0.2, -0.15) is 5.10 Å². The Morgan fingerprint density at radius 3 is 2.85 bits per heavy atom. The van der Waals surface area contributed by atoms with Crippen molar-refractivity contribution in [1.29, 1.82) is 0 Å². The van der Waals surface area contributed by atoms with Crippen LogP contribution in [0.1, 0.15) is 32.1 Å². The zero-order valence-electron chi connectivity index (χ0n) is 18.5. The Labute approximate surface area is 195 Å². The Kier molecular flexibility index (Phi) is 6.15. The number of nitrogens with one attached hydrogen (secondary N) is 1. The molecule has 5 N–H and O–H groups in total.